The Hall–Kier alpha value is -3.00. The van der Waals surface area contributed by atoms with Crippen molar-refractivity contribution in [3.8, 4) is 11.1 Å². The van der Waals surface area contributed by atoms with Crippen LogP contribution in [0.4, 0.5) is 0 Å². The van der Waals surface area contributed by atoms with Gasteiger partial charge in [0.2, 0.25) is 0 Å². The van der Waals surface area contributed by atoms with Gasteiger partial charge in [-0.2, -0.15) is 0 Å². The Kier molecular flexibility index (Phi) is 3.20. The molecule has 0 fully saturated rings. The molecular weight excluding hydrogens is 296 g/mol. The molecule has 0 amide bonds. The minimum atomic E-state index is -1.20. The van der Waals surface area contributed by atoms with Gasteiger partial charge in [-0.15, -0.1) is 0 Å². The van der Waals surface area contributed by atoms with E-state index in [2.05, 4.69) is 0 Å². The van der Waals surface area contributed by atoms with Gasteiger partial charge in [0.05, 0.1) is 0 Å². The first-order valence-electron chi connectivity index (χ1n) is 7.97. The molecule has 0 saturated carbocycles. The predicted molar refractivity (Wildman–Crippen MR) is 94.3 cm³/mol. The molecular formula is C22H16O2. The second-order valence-corrected chi connectivity index (χ2v) is 6.24. The molecule has 0 heterocycles. The summed E-state index contributed by atoms with van der Waals surface area (Å²) in [6, 6.07) is 24.3. The van der Waals surface area contributed by atoms with Crippen LogP contribution in [0.15, 0.2) is 78.9 Å². The van der Waals surface area contributed by atoms with Crippen molar-refractivity contribution in [1.82, 2.24) is 0 Å². The first-order valence-corrected chi connectivity index (χ1v) is 7.97. The molecule has 2 nitrogen and oxygen atoms in total. The van der Waals surface area contributed by atoms with Crippen LogP contribution in [0.25, 0.3) is 11.1 Å². The van der Waals surface area contributed by atoms with Crippen LogP contribution in [0.3, 0.4) is 0 Å². The number of fused-ring (bicyclic) bond motifs is 3. The van der Waals surface area contributed by atoms with E-state index in [0.29, 0.717) is 11.1 Å². The number of carbonyl (C=O) groups excluding carboxylic acids is 2. The lowest BCUT2D eigenvalue weighted by Gasteiger charge is -2.34. The molecule has 3 aromatic carbocycles. The molecule has 4 rings (SSSR count). The number of rotatable bonds is 2. The summed E-state index contributed by atoms with van der Waals surface area (Å²) in [4.78, 5) is 26.6. The molecule has 116 valence electrons. The average molecular weight is 312 g/mol. The summed E-state index contributed by atoms with van der Waals surface area (Å²) in [6.07, 6.45) is 0. The van der Waals surface area contributed by atoms with Crippen LogP contribution in [0.5, 0.6) is 0 Å². The normalized spacial score (nSPS) is 18.6. The molecule has 0 bridgehead atoms. The SMILES string of the molecule is CC1(C(=O)c2ccccc2)C(=O)c2ccccc2-c2ccccc21. The van der Waals surface area contributed by atoms with E-state index >= 15 is 0 Å². The Bertz CT molecular complexity index is 946. The lowest BCUT2D eigenvalue weighted by atomic mass is 9.64. The van der Waals surface area contributed by atoms with E-state index in [1.807, 2.05) is 66.7 Å². The fourth-order valence-electron chi connectivity index (χ4n) is 3.57. The topological polar surface area (TPSA) is 34.1 Å². The zero-order valence-electron chi connectivity index (χ0n) is 13.3. The summed E-state index contributed by atoms with van der Waals surface area (Å²) in [5.41, 5.74) is 2.61. The Labute approximate surface area is 140 Å². The van der Waals surface area contributed by atoms with Crippen LogP contribution in [0, 0.1) is 0 Å². The molecule has 1 aliphatic rings. The van der Waals surface area contributed by atoms with Crippen molar-refractivity contribution in [2.75, 3.05) is 0 Å². The third kappa shape index (κ3) is 1.89. The van der Waals surface area contributed by atoms with Crippen molar-refractivity contribution in [3.63, 3.8) is 0 Å². The van der Waals surface area contributed by atoms with Gasteiger partial charge in [0.15, 0.2) is 11.6 Å². The molecule has 2 heteroatoms. The Morgan fingerprint density at radius 3 is 1.96 bits per heavy atom. The summed E-state index contributed by atoms with van der Waals surface area (Å²) < 4.78 is 0. The van der Waals surface area contributed by atoms with E-state index in [0.717, 1.165) is 16.7 Å². The number of ketones is 2. The van der Waals surface area contributed by atoms with E-state index in [4.69, 9.17) is 0 Å². The monoisotopic (exact) mass is 312 g/mol. The van der Waals surface area contributed by atoms with Gasteiger partial charge in [-0.1, -0.05) is 78.9 Å². The Balaban J connectivity index is 2.00. The summed E-state index contributed by atoms with van der Waals surface area (Å²) in [5.74, 6) is -0.291. The first-order chi connectivity index (χ1) is 11.6. The van der Waals surface area contributed by atoms with Crippen molar-refractivity contribution in [2.45, 2.75) is 12.3 Å². The molecule has 1 atom stereocenters. The highest BCUT2D eigenvalue weighted by Gasteiger charge is 2.48. The second kappa shape index (κ2) is 5.27. The standard InChI is InChI=1S/C22H16O2/c1-22(20(23)15-9-3-2-4-10-15)19-14-8-7-12-17(19)16-11-5-6-13-18(16)21(22)24/h2-14H,1H3. The summed E-state index contributed by atoms with van der Waals surface area (Å²) in [6.45, 7) is 1.75. The maximum atomic E-state index is 13.3. The number of hydrogen-bond acceptors (Lipinski definition) is 2. The van der Waals surface area contributed by atoms with Gasteiger partial charge in [0.25, 0.3) is 0 Å². The zero-order valence-corrected chi connectivity index (χ0v) is 13.3. The smallest absolute Gasteiger partial charge is 0.181 e. The van der Waals surface area contributed by atoms with Crippen molar-refractivity contribution >= 4 is 11.6 Å². The summed E-state index contributed by atoms with van der Waals surface area (Å²) in [7, 11) is 0. The highest BCUT2D eigenvalue weighted by molar-refractivity contribution is 6.27. The van der Waals surface area contributed by atoms with Crippen LogP contribution in [-0.4, -0.2) is 11.6 Å². The van der Waals surface area contributed by atoms with Gasteiger partial charge in [0.1, 0.15) is 5.41 Å². The molecule has 24 heavy (non-hydrogen) atoms. The van der Waals surface area contributed by atoms with E-state index in [1.165, 1.54) is 0 Å². The molecule has 0 aromatic heterocycles. The minimum absolute atomic E-state index is 0.134. The van der Waals surface area contributed by atoms with Crippen LogP contribution >= 0.6 is 0 Å². The lowest BCUT2D eigenvalue weighted by molar-refractivity contribution is 0.0776. The molecule has 0 saturated heterocycles. The molecule has 0 radical (unpaired) electrons. The second-order valence-electron chi connectivity index (χ2n) is 6.24. The van der Waals surface area contributed by atoms with Crippen LogP contribution < -0.4 is 0 Å². The average Bonchev–Trinajstić information content (AvgIpc) is 2.66. The highest BCUT2D eigenvalue weighted by Crippen LogP contribution is 2.44. The van der Waals surface area contributed by atoms with Crippen molar-refractivity contribution < 1.29 is 9.59 Å². The maximum absolute atomic E-state index is 13.3. The van der Waals surface area contributed by atoms with Crippen molar-refractivity contribution in [2.24, 2.45) is 0 Å². The van der Waals surface area contributed by atoms with Gasteiger partial charge in [-0.05, 0) is 23.6 Å². The lowest BCUT2D eigenvalue weighted by Crippen LogP contribution is -2.43. The summed E-state index contributed by atoms with van der Waals surface area (Å²) in [5, 5.41) is 0. The van der Waals surface area contributed by atoms with Gasteiger partial charge in [0, 0.05) is 11.1 Å². The van der Waals surface area contributed by atoms with Gasteiger partial charge in [-0.3, -0.25) is 9.59 Å². The Morgan fingerprint density at radius 2 is 1.25 bits per heavy atom. The fourth-order valence-corrected chi connectivity index (χ4v) is 3.57. The maximum Gasteiger partial charge on any atom is 0.181 e. The van der Waals surface area contributed by atoms with E-state index in [9.17, 15) is 9.59 Å². The first kappa shape index (κ1) is 14.6. The highest BCUT2D eigenvalue weighted by atomic mass is 16.2. The summed E-state index contributed by atoms with van der Waals surface area (Å²) >= 11 is 0. The molecule has 0 N–H and O–H groups in total. The van der Waals surface area contributed by atoms with Gasteiger partial charge < -0.3 is 0 Å². The van der Waals surface area contributed by atoms with Gasteiger partial charge in [-0.25, -0.2) is 0 Å². The van der Waals surface area contributed by atoms with E-state index in [-0.39, 0.29) is 11.6 Å². The number of Topliss-reactive ketones (excluding diaryl/α,β-unsaturated/α-hetero) is 2. The predicted octanol–water partition coefficient (Wildman–Crippen LogP) is 4.69. The molecule has 0 aliphatic heterocycles. The largest absolute Gasteiger partial charge is 0.293 e. The number of hydrogen-bond donors (Lipinski definition) is 0. The minimum Gasteiger partial charge on any atom is -0.293 e. The third-order valence-corrected chi connectivity index (χ3v) is 4.87. The quantitative estimate of drug-likeness (QED) is 0.508. The van der Waals surface area contributed by atoms with E-state index in [1.54, 1.807) is 19.1 Å². The van der Waals surface area contributed by atoms with Crippen LogP contribution in [0.2, 0.25) is 0 Å². The molecule has 3 aromatic rings. The molecule has 0 spiro atoms. The molecule has 1 aliphatic carbocycles. The fraction of sp³-hybridized carbons (Fsp3) is 0.0909. The van der Waals surface area contributed by atoms with E-state index < -0.39 is 5.41 Å². The van der Waals surface area contributed by atoms with Crippen LogP contribution in [0.1, 0.15) is 33.2 Å². The van der Waals surface area contributed by atoms with Crippen molar-refractivity contribution in [1.29, 1.82) is 0 Å². The van der Waals surface area contributed by atoms with Crippen molar-refractivity contribution in [3.05, 3.63) is 95.6 Å². The zero-order chi connectivity index (χ0) is 16.7. The number of benzene rings is 3. The van der Waals surface area contributed by atoms with Crippen LogP contribution in [-0.2, 0) is 5.41 Å². The molecule has 1 unspecified atom stereocenters. The number of carbonyl (C=O) groups is 2. The van der Waals surface area contributed by atoms with Gasteiger partial charge >= 0.3 is 0 Å². The third-order valence-electron chi connectivity index (χ3n) is 4.87. The Morgan fingerprint density at radius 1 is 0.708 bits per heavy atom.